The molecule has 0 aliphatic rings. The van der Waals surface area contributed by atoms with Crippen LogP contribution >= 0.6 is 0 Å². The van der Waals surface area contributed by atoms with Gasteiger partial charge < -0.3 is 4.74 Å². The number of carbonyl (C=O) groups is 1. The van der Waals surface area contributed by atoms with Crippen LogP contribution in [0.25, 0.3) is 0 Å². The highest BCUT2D eigenvalue weighted by Gasteiger charge is 2.30. The van der Waals surface area contributed by atoms with Gasteiger partial charge in [0.15, 0.2) is 0 Å². The standard InChI is InChI=1S/C18H14F3NO2/c1-2-12-22(16-10-8-15(9-11-16)18(19,20)21)17(23)24-13-14-6-4-3-5-7-14/h1,3-11H,12-13H2. The summed E-state index contributed by atoms with van der Waals surface area (Å²) in [5.41, 5.74) is 0.225. The van der Waals surface area contributed by atoms with E-state index in [1.807, 2.05) is 6.07 Å². The maximum atomic E-state index is 12.6. The van der Waals surface area contributed by atoms with Crippen LogP contribution in [-0.4, -0.2) is 12.6 Å². The third-order valence-electron chi connectivity index (χ3n) is 3.18. The molecule has 1 amide bonds. The lowest BCUT2D eigenvalue weighted by Gasteiger charge is -2.20. The highest BCUT2D eigenvalue weighted by Crippen LogP contribution is 2.30. The van der Waals surface area contributed by atoms with Crippen LogP contribution in [0.2, 0.25) is 0 Å². The van der Waals surface area contributed by atoms with Gasteiger partial charge in [0.1, 0.15) is 6.61 Å². The summed E-state index contributed by atoms with van der Waals surface area (Å²) < 4.78 is 43.0. The average Bonchev–Trinajstić information content (AvgIpc) is 2.58. The number of carbonyl (C=O) groups excluding carboxylic acids is 1. The predicted octanol–water partition coefficient (Wildman–Crippen LogP) is 4.48. The quantitative estimate of drug-likeness (QED) is 0.772. The van der Waals surface area contributed by atoms with E-state index in [0.717, 1.165) is 22.6 Å². The van der Waals surface area contributed by atoms with Gasteiger partial charge in [-0.3, -0.25) is 4.90 Å². The number of nitrogens with zero attached hydrogens (tertiary/aromatic N) is 1. The number of hydrogen-bond acceptors (Lipinski definition) is 2. The second-order valence-electron chi connectivity index (χ2n) is 4.88. The van der Waals surface area contributed by atoms with Crippen LogP contribution in [0.15, 0.2) is 54.6 Å². The Morgan fingerprint density at radius 3 is 2.25 bits per heavy atom. The number of terminal acetylenes is 1. The van der Waals surface area contributed by atoms with Crippen molar-refractivity contribution < 1.29 is 22.7 Å². The summed E-state index contributed by atoms with van der Waals surface area (Å²) in [7, 11) is 0. The first-order chi connectivity index (χ1) is 11.4. The monoisotopic (exact) mass is 333 g/mol. The van der Waals surface area contributed by atoms with Gasteiger partial charge >= 0.3 is 12.3 Å². The summed E-state index contributed by atoms with van der Waals surface area (Å²) >= 11 is 0. The molecule has 0 saturated carbocycles. The highest BCUT2D eigenvalue weighted by molar-refractivity contribution is 5.88. The molecule has 3 nitrogen and oxygen atoms in total. The van der Waals surface area contributed by atoms with Crippen LogP contribution in [0.4, 0.5) is 23.7 Å². The Labute approximate surface area is 137 Å². The number of hydrogen-bond donors (Lipinski definition) is 0. The average molecular weight is 333 g/mol. The first-order valence-electron chi connectivity index (χ1n) is 7.01. The Balaban J connectivity index is 2.10. The van der Waals surface area contributed by atoms with E-state index in [-0.39, 0.29) is 18.8 Å². The number of anilines is 1. The SMILES string of the molecule is C#CCN(C(=O)OCc1ccccc1)c1ccc(C(F)(F)F)cc1. The van der Waals surface area contributed by atoms with E-state index in [2.05, 4.69) is 5.92 Å². The molecule has 0 aliphatic carbocycles. The Morgan fingerprint density at radius 2 is 1.71 bits per heavy atom. The summed E-state index contributed by atoms with van der Waals surface area (Å²) in [6, 6.07) is 13.2. The fourth-order valence-electron chi connectivity index (χ4n) is 1.98. The highest BCUT2D eigenvalue weighted by atomic mass is 19.4. The molecule has 6 heteroatoms. The Kier molecular flexibility index (Phi) is 5.48. The van der Waals surface area contributed by atoms with Crippen molar-refractivity contribution in [2.24, 2.45) is 0 Å². The maximum absolute atomic E-state index is 12.6. The molecular weight excluding hydrogens is 319 g/mol. The van der Waals surface area contributed by atoms with Gasteiger partial charge in [0.05, 0.1) is 12.1 Å². The van der Waals surface area contributed by atoms with Gasteiger partial charge in [0.25, 0.3) is 0 Å². The number of amides is 1. The molecule has 0 aromatic heterocycles. The molecule has 0 fully saturated rings. The molecule has 0 unspecified atom stereocenters. The summed E-state index contributed by atoms with van der Waals surface area (Å²) in [6.07, 6.45) is 0.0650. The van der Waals surface area contributed by atoms with E-state index in [4.69, 9.17) is 11.2 Å². The molecule has 0 radical (unpaired) electrons. The van der Waals surface area contributed by atoms with Crippen molar-refractivity contribution >= 4 is 11.8 Å². The van der Waals surface area contributed by atoms with Crippen molar-refractivity contribution in [2.45, 2.75) is 12.8 Å². The van der Waals surface area contributed by atoms with E-state index in [1.54, 1.807) is 24.3 Å². The van der Waals surface area contributed by atoms with Crippen LogP contribution in [0, 0.1) is 12.3 Å². The lowest BCUT2D eigenvalue weighted by Crippen LogP contribution is -2.31. The first kappa shape index (κ1) is 17.4. The minimum Gasteiger partial charge on any atom is -0.444 e. The number of rotatable bonds is 4. The largest absolute Gasteiger partial charge is 0.444 e. The molecule has 2 rings (SSSR count). The maximum Gasteiger partial charge on any atom is 0.416 e. The van der Waals surface area contributed by atoms with E-state index in [9.17, 15) is 18.0 Å². The third kappa shape index (κ3) is 4.53. The van der Waals surface area contributed by atoms with Crippen molar-refractivity contribution in [3.63, 3.8) is 0 Å². The predicted molar refractivity (Wildman–Crippen MR) is 84.3 cm³/mol. The molecule has 0 heterocycles. The zero-order valence-corrected chi connectivity index (χ0v) is 12.6. The van der Waals surface area contributed by atoms with E-state index < -0.39 is 17.8 Å². The fourth-order valence-corrected chi connectivity index (χ4v) is 1.98. The molecule has 0 bridgehead atoms. The second kappa shape index (κ2) is 7.55. The first-order valence-corrected chi connectivity index (χ1v) is 7.01. The van der Waals surface area contributed by atoms with Crippen molar-refractivity contribution in [3.8, 4) is 12.3 Å². The topological polar surface area (TPSA) is 29.5 Å². The van der Waals surface area contributed by atoms with Crippen molar-refractivity contribution in [1.29, 1.82) is 0 Å². The minimum absolute atomic E-state index is 0.0430. The normalized spacial score (nSPS) is 10.8. The number of halogens is 3. The van der Waals surface area contributed by atoms with Crippen LogP contribution in [0.1, 0.15) is 11.1 Å². The molecule has 0 N–H and O–H groups in total. The summed E-state index contributed by atoms with van der Waals surface area (Å²) in [4.78, 5) is 13.3. The lowest BCUT2D eigenvalue weighted by atomic mass is 10.2. The van der Waals surface area contributed by atoms with Gasteiger partial charge in [-0.15, -0.1) is 6.42 Å². The zero-order valence-electron chi connectivity index (χ0n) is 12.6. The van der Waals surface area contributed by atoms with Crippen molar-refractivity contribution in [1.82, 2.24) is 0 Å². The van der Waals surface area contributed by atoms with Gasteiger partial charge in [0.2, 0.25) is 0 Å². The van der Waals surface area contributed by atoms with Crippen molar-refractivity contribution in [3.05, 3.63) is 65.7 Å². The molecular formula is C18H14F3NO2. The van der Waals surface area contributed by atoms with E-state index in [0.29, 0.717) is 0 Å². The molecule has 0 atom stereocenters. The fraction of sp³-hybridized carbons (Fsp3) is 0.167. The van der Waals surface area contributed by atoms with Crippen LogP contribution in [-0.2, 0) is 17.5 Å². The molecule has 0 spiro atoms. The van der Waals surface area contributed by atoms with E-state index in [1.165, 1.54) is 12.1 Å². The zero-order chi connectivity index (χ0) is 17.6. The van der Waals surface area contributed by atoms with Gasteiger partial charge in [-0.05, 0) is 29.8 Å². The molecule has 124 valence electrons. The van der Waals surface area contributed by atoms with Gasteiger partial charge in [-0.25, -0.2) is 4.79 Å². The number of alkyl halides is 3. The molecule has 2 aromatic rings. The number of benzene rings is 2. The minimum atomic E-state index is -4.44. The van der Waals surface area contributed by atoms with Crippen LogP contribution in [0.5, 0.6) is 0 Å². The summed E-state index contributed by atoms with van der Waals surface area (Å²) in [5.74, 6) is 2.29. The third-order valence-corrected chi connectivity index (χ3v) is 3.18. The Morgan fingerprint density at radius 1 is 1.08 bits per heavy atom. The number of ether oxygens (including phenoxy) is 1. The van der Waals surface area contributed by atoms with Crippen molar-refractivity contribution in [2.75, 3.05) is 11.4 Å². The molecule has 0 aliphatic heterocycles. The Hall–Kier alpha value is -2.94. The van der Waals surface area contributed by atoms with E-state index >= 15 is 0 Å². The summed E-state index contributed by atoms with van der Waals surface area (Å²) in [6.45, 7) is -0.0691. The summed E-state index contributed by atoms with van der Waals surface area (Å²) in [5, 5.41) is 0. The van der Waals surface area contributed by atoms with Crippen LogP contribution in [0.3, 0.4) is 0 Å². The Bertz CT molecular complexity index is 719. The smallest absolute Gasteiger partial charge is 0.416 e. The van der Waals surface area contributed by atoms with Gasteiger partial charge in [-0.2, -0.15) is 13.2 Å². The lowest BCUT2D eigenvalue weighted by molar-refractivity contribution is -0.137. The van der Waals surface area contributed by atoms with Gasteiger partial charge in [0, 0.05) is 5.69 Å². The van der Waals surface area contributed by atoms with Crippen LogP contribution < -0.4 is 4.90 Å². The molecule has 24 heavy (non-hydrogen) atoms. The second-order valence-corrected chi connectivity index (χ2v) is 4.88. The molecule has 2 aromatic carbocycles. The molecule has 0 saturated heterocycles. The van der Waals surface area contributed by atoms with Gasteiger partial charge in [-0.1, -0.05) is 36.3 Å².